The lowest BCUT2D eigenvalue weighted by Gasteiger charge is -2.26. The van der Waals surface area contributed by atoms with Gasteiger partial charge in [-0.05, 0) is 66.6 Å². The van der Waals surface area contributed by atoms with E-state index in [9.17, 15) is 13.2 Å². The first-order chi connectivity index (χ1) is 17.8. The molecule has 0 bridgehead atoms. The number of aryl methyl sites for hydroxylation is 2. The molecule has 0 fully saturated rings. The van der Waals surface area contributed by atoms with Gasteiger partial charge in [-0.15, -0.1) is 0 Å². The summed E-state index contributed by atoms with van der Waals surface area (Å²) < 4.78 is 36.5. The van der Waals surface area contributed by atoms with Gasteiger partial charge in [0.15, 0.2) is 0 Å². The minimum atomic E-state index is -4.04. The Labute approximate surface area is 216 Å². The number of sulfonamides is 1. The molecular formula is C29H27N3O4S. The van der Waals surface area contributed by atoms with E-state index in [0.717, 1.165) is 32.8 Å². The Morgan fingerprint density at radius 2 is 1.76 bits per heavy atom. The Hall–Kier alpha value is -4.17. The molecule has 2 aromatic heterocycles. The molecule has 8 heteroatoms. The number of aromatic nitrogens is 2. The van der Waals surface area contributed by atoms with Crippen molar-refractivity contribution in [2.24, 2.45) is 7.05 Å². The van der Waals surface area contributed by atoms with Gasteiger partial charge in [-0.25, -0.2) is 22.5 Å². The number of esters is 1. The van der Waals surface area contributed by atoms with Crippen molar-refractivity contribution in [1.29, 1.82) is 0 Å². The summed E-state index contributed by atoms with van der Waals surface area (Å²) >= 11 is 0. The number of hydrogen-bond donors (Lipinski definition) is 0. The molecule has 0 aliphatic carbocycles. The number of rotatable bonds is 7. The van der Waals surface area contributed by atoms with Gasteiger partial charge in [0.2, 0.25) is 0 Å². The predicted molar refractivity (Wildman–Crippen MR) is 145 cm³/mol. The smallest absolute Gasteiger partial charge is 0.338 e. The van der Waals surface area contributed by atoms with Crippen molar-refractivity contribution in [3.05, 3.63) is 102 Å². The quantitative estimate of drug-likeness (QED) is 0.264. The minimum absolute atomic E-state index is 0.0647. The van der Waals surface area contributed by atoms with Crippen LogP contribution in [-0.2, 0) is 28.4 Å². The standard InChI is InChI=1S/C29H27N3O4S/c1-4-36-29(33)23-11-13-25(14-12-23)37(34,35)32(19-21-9-10-22-15-16-31(3)27(22)17-21)28-20(2)26-8-6-5-7-24(26)18-30-28/h5-18H,4,19H2,1-3H3. The van der Waals surface area contributed by atoms with Gasteiger partial charge in [-0.2, -0.15) is 0 Å². The highest BCUT2D eigenvalue weighted by Gasteiger charge is 2.28. The third-order valence-electron chi connectivity index (χ3n) is 6.49. The Bertz CT molecular complexity index is 1720. The molecule has 0 aliphatic rings. The lowest BCUT2D eigenvalue weighted by Crippen LogP contribution is -2.32. The van der Waals surface area contributed by atoms with Crippen LogP contribution in [0.2, 0.25) is 0 Å². The molecule has 0 aliphatic heterocycles. The van der Waals surface area contributed by atoms with Gasteiger partial charge in [-0.1, -0.05) is 36.4 Å². The van der Waals surface area contributed by atoms with Crippen LogP contribution >= 0.6 is 0 Å². The van der Waals surface area contributed by atoms with Gasteiger partial charge < -0.3 is 9.30 Å². The SMILES string of the molecule is CCOC(=O)c1ccc(S(=O)(=O)N(Cc2ccc3ccn(C)c3c2)c2ncc3ccccc3c2C)cc1. The van der Waals surface area contributed by atoms with Crippen LogP contribution in [0.3, 0.4) is 0 Å². The summed E-state index contributed by atoms with van der Waals surface area (Å²) in [7, 11) is -2.08. The first kappa shape index (κ1) is 24.5. The summed E-state index contributed by atoms with van der Waals surface area (Å²) in [6.07, 6.45) is 3.67. The molecule has 5 aromatic rings. The molecule has 0 atom stereocenters. The second-order valence-electron chi connectivity index (χ2n) is 8.87. The van der Waals surface area contributed by atoms with E-state index < -0.39 is 16.0 Å². The third kappa shape index (κ3) is 4.56. The minimum Gasteiger partial charge on any atom is -0.462 e. The zero-order valence-electron chi connectivity index (χ0n) is 20.9. The van der Waals surface area contributed by atoms with Crippen LogP contribution in [0.4, 0.5) is 5.82 Å². The number of nitrogens with zero attached hydrogens (tertiary/aromatic N) is 3. The van der Waals surface area contributed by atoms with Crippen molar-refractivity contribution in [3.8, 4) is 0 Å². The Morgan fingerprint density at radius 1 is 1.00 bits per heavy atom. The molecule has 188 valence electrons. The van der Waals surface area contributed by atoms with Crippen LogP contribution in [0.1, 0.15) is 28.4 Å². The van der Waals surface area contributed by atoms with E-state index in [0.29, 0.717) is 11.4 Å². The Kier molecular flexibility index (Phi) is 6.43. The largest absolute Gasteiger partial charge is 0.462 e. The fraction of sp³-hybridized carbons (Fsp3) is 0.172. The molecule has 0 radical (unpaired) electrons. The van der Waals surface area contributed by atoms with E-state index in [-0.39, 0.29) is 18.0 Å². The summed E-state index contributed by atoms with van der Waals surface area (Å²) in [6, 6.07) is 21.5. The Morgan fingerprint density at radius 3 is 2.51 bits per heavy atom. The van der Waals surface area contributed by atoms with Gasteiger partial charge in [0.25, 0.3) is 10.0 Å². The number of benzene rings is 3. The number of hydrogen-bond acceptors (Lipinski definition) is 5. The fourth-order valence-electron chi connectivity index (χ4n) is 4.50. The van der Waals surface area contributed by atoms with Gasteiger partial charge in [0.05, 0.1) is 23.6 Å². The summed E-state index contributed by atoms with van der Waals surface area (Å²) in [5, 5.41) is 2.95. The van der Waals surface area contributed by atoms with Crippen molar-refractivity contribution >= 4 is 43.5 Å². The molecular weight excluding hydrogens is 486 g/mol. The van der Waals surface area contributed by atoms with Crippen molar-refractivity contribution < 1.29 is 17.9 Å². The second kappa shape index (κ2) is 9.71. The molecule has 0 spiro atoms. The number of fused-ring (bicyclic) bond motifs is 2. The number of pyridine rings is 1. The van der Waals surface area contributed by atoms with Crippen LogP contribution in [0.5, 0.6) is 0 Å². The molecule has 0 amide bonds. The average molecular weight is 514 g/mol. The highest BCUT2D eigenvalue weighted by atomic mass is 32.2. The van der Waals surface area contributed by atoms with Crippen LogP contribution in [0.15, 0.2) is 90.1 Å². The first-order valence-electron chi connectivity index (χ1n) is 12.0. The molecule has 0 saturated heterocycles. The summed E-state index contributed by atoms with van der Waals surface area (Å²) in [6.45, 7) is 3.94. The molecule has 3 aromatic carbocycles. The van der Waals surface area contributed by atoms with Crippen LogP contribution < -0.4 is 4.31 Å². The molecule has 0 N–H and O–H groups in total. The molecule has 0 saturated carbocycles. The van der Waals surface area contributed by atoms with Crippen molar-refractivity contribution in [3.63, 3.8) is 0 Å². The maximum Gasteiger partial charge on any atom is 0.338 e. The van der Waals surface area contributed by atoms with Gasteiger partial charge in [0, 0.05) is 35.9 Å². The molecule has 0 unspecified atom stereocenters. The van der Waals surface area contributed by atoms with E-state index >= 15 is 0 Å². The summed E-state index contributed by atoms with van der Waals surface area (Å²) in [5.74, 6) is -0.133. The summed E-state index contributed by atoms with van der Waals surface area (Å²) in [5.41, 5.74) is 2.90. The van der Waals surface area contributed by atoms with Gasteiger partial charge in [-0.3, -0.25) is 0 Å². The molecule has 2 heterocycles. The van der Waals surface area contributed by atoms with Crippen molar-refractivity contribution in [2.45, 2.75) is 25.3 Å². The molecule has 7 nitrogen and oxygen atoms in total. The highest BCUT2D eigenvalue weighted by molar-refractivity contribution is 7.92. The third-order valence-corrected chi connectivity index (χ3v) is 8.24. The number of carbonyl (C=O) groups is 1. The number of anilines is 1. The zero-order chi connectivity index (χ0) is 26.2. The van der Waals surface area contributed by atoms with E-state index in [1.165, 1.54) is 28.6 Å². The van der Waals surface area contributed by atoms with Crippen molar-refractivity contribution in [2.75, 3.05) is 10.9 Å². The predicted octanol–water partition coefficient (Wildman–Crippen LogP) is 5.61. The topological polar surface area (TPSA) is 81.5 Å². The lowest BCUT2D eigenvalue weighted by molar-refractivity contribution is 0.0526. The van der Waals surface area contributed by atoms with E-state index in [1.54, 1.807) is 13.1 Å². The van der Waals surface area contributed by atoms with Gasteiger partial charge in [0.1, 0.15) is 5.82 Å². The van der Waals surface area contributed by atoms with Crippen LogP contribution in [-0.4, -0.2) is 30.5 Å². The average Bonchev–Trinajstić information content (AvgIpc) is 3.28. The van der Waals surface area contributed by atoms with E-state index in [1.807, 2.05) is 73.3 Å². The van der Waals surface area contributed by atoms with Crippen LogP contribution in [0, 0.1) is 6.92 Å². The molecule has 37 heavy (non-hydrogen) atoms. The van der Waals surface area contributed by atoms with E-state index in [4.69, 9.17) is 4.74 Å². The van der Waals surface area contributed by atoms with Crippen LogP contribution in [0.25, 0.3) is 21.7 Å². The first-order valence-corrected chi connectivity index (χ1v) is 13.4. The maximum atomic E-state index is 14.1. The monoisotopic (exact) mass is 513 g/mol. The molecule has 5 rings (SSSR count). The number of carbonyl (C=O) groups excluding carboxylic acids is 1. The van der Waals surface area contributed by atoms with Crippen molar-refractivity contribution in [1.82, 2.24) is 9.55 Å². The summed E-state index contributed by atoms with van der Waals surface area (Å²) in [4.78, 5) is 16.8. The zero-order valence-corrected chi connectivity index (χ0v) is 21.7. The van der Waals surface area contributed by atoms with Gasteiger partial charge >= 0.3 is 5.97 Å². The van der Waals surface area contributed by atoms with E-state index in [2.05, 4.69) is 4.98 Å². The Balaban J connectivity index is 1.62. The number of ether oxygens (including phenoxy) is 1. The fourth-order valence-corrected chi connectivity index (χ4v) is 5.97. The second-order valence-corrected chi connectivity index (χ2v) is 10.7. The maximum absolute atomic E-state index is 14.1. The lowest BCUT2D eigenvalue weighted by atomic mass is 10.1. The normalized spacial score (nSPS) is 11.6. The highest BCUT2D eigenvalue weighted by Crippen LogP contribution is 2.32.